The monoisotopic (exact) mass is 357 g/mol. The highest BCUT2D eigenvalue weighted by Crippen LogP contribution is 2.42. The van der Waals surface area contributed by atoms with Gasteiger partial charge in [-0.2, -0.15) is 0 Å². The summed E-state index contributed by atoms with van der Waals surface area (Å²) in [7, 11) is 0. The first-order valence-corrected chi connectivity index (χ1v) is 9.08. The zero-order valence-electron chi connectivity index (χ0n) is 15.0. The van der Waals surface area contributed by atoms with Gasteiger partial charge in [-0.3, -0.25) is 4.79 Å². The summed E-state index contributed by atoms with van der Waals surface area (Å²) in [5.41, 5.74) is 4.55. The molecule has 4 heteroatoms. The number of rotatable bonds is 2. The number of fused-ring (bicyclic) bond motifs is 4. The van der Waals surface area contributed by atoms with Gasteiger partial charge in [-0.1, -0.05) is 48.5 Å². The van der Waals surface area contributed by atoms with Gasteiger partial charge in [0.25, 0.3) is 5.56 Å². The van der Waals surface area contributed by atoms with Crippen LogP contribution in [0.25, 0.3) is 6.08 Å². The Hall–Kier alpha value is -3.27. The Morgan fingerprint density at radius 2 is 1.81 bits per heavy atom. The van der Waals surface area contributed by atoms with E-state index in [1.807, 2.05) is 73.7 Å². The van der Waals surface area contributed by atoms with Crippen molar-refractivity contribution in [3.63, 3.8) is 0 Å². The van der Waals surface area contributed by atoms with Gasteiger partial charge in [0.05, 0.1) is 12.1 Å². The van der Waals surface area contributed by atoms with Crippen molar-refractivity contribution in [1.82, 2.24) is 4.57 Å². The summed E-state index contributed by atoms with van der Waals surface area (Å²) in [5.74, 6) is 1.49. The first kappa shape index (κ1) is 15.9. The van der Waals surface area contributed by atoms with Crippen LogP contribution in [0.2, 0.25) is 0 Å². The van der Waals surface area contributed by atoms with Crippen molar-refractivity contribution in [3.05, 3.63) is 99.0 Å². The fourth-order valence-corrected chi connectivity index (χ4v) is 3.78. The Morgan fingerprint density at radius 1 is 1.04 bits per heavy atom. The van der Waals surface area contributed by atoms with E-state index in [1.165, 1.54) is 0 Å². The third kappa shape index (κ3) is 2.65. The quantitative estimate of drug-likeness (QED) is 0.693. The van der Waals surface area contributed by atoms with E-state index in [9.17, 15) is 4.79 Å². The molecule has 0 N–H and O–H groups in total. The van der Waals surface area contributed by atoms with Gasteiger partial charge in [0.1, 0.15) is 18.1 Å². The van der Waals surface area contributed by atoms with Gasteiger partial charge < -0.3 is 14.0 Å². The maximum atomic E-state index is 13.2. The van der Waals surface area contributed by atoms with E-state index in [2.05, 4.69) is 0 Å². The fourth-order valence-electron chi connectivity index (χ4n) is 3.78. The van der Waals surface area contributed by atoms with E-state index < -0.39 is 0 Å². The molecule has 0 radical (unpaired) electrons. The second kappa shape index (κ2) is 6.16. The molecule has 3 heterocycles. The molecule has 0 unspecified atom stereocenters. The Morgan fingerprint density at radius 3 is 2.67 bits per heavy atom. The van der Waals surface area contributed by atoms with E-state index >= 15 is 0 Å². The zero-order valence-corrected chi connectivity index (χ0v) is 15.0. The van der Waals surface area contributed by atoms with Crippen LogP contribution in [0.3, 0.4) is 0 Å². The largest absolute Gasteiger partial charge is 0.489 e. The first-order chi connectivity index (χ1) is 13.2. The van der Waals surface area contributed by atoms with E-state index in [0.717, 1.165) is 28.1 Å². The molecule has 0 fully saturated rings. The van der Waals surface area contributed by atoms with Gasteiger partial charge in [-0.05, 0) is 24.6 Å². The maximum absolute atomic E-state index is 13.2. The summed E-state index contributed by atoms with van der Waals surface area (Å²) in [6, 6.07) is 19.9. The molecule has 0 saturated carbocycles. The van der Waals surface area contributed by atoms with Crippen LogP contribution in [0.4, 0.5) is 0 Å². The zero-order chi connectivity index (χ0) is 18.4. The molecule has 27 heavy (non-hydrogen) atoms. The summed E-state index contributed by atoms with van der Waals surface area (Å²) in [4.78, 5) is 13.2. The molecule has 5 rings (SSSR count). The number of aromatic nitrogens is 1. The highest BCUT2D eigenvalue weighted by atomic mass is 16.5. The Bertz CT molecular complexity index is 1110. The molecular weight excluding hydrogens is 338 g/mol. The van der Waals surface area contributed by atoms with E-state index in [4.69, 9.17) is 9.47 Å². The van der Waals surface area contributed by atoms with Crippen LogP contribution in [0.5, 0.6) is 11.5 Å². The number of para-hydroxylation sites is 1. The van der Waals surface area contributed by atoms with Gasteiger partial charge in [-0.25, -0.2) is 0 Å². The molecule has 1 aromatic heterocycles. The third-order valence-corrected chi connectivity index (χ3v) is 5.20. The maximum Gasteiger partial charge on any atom is 0.262 e. The van der Waals surface area contributed by atoms with Gasteiger partial charge in [0.15, 0.2) is 6.10 Å². The van der Waals surface area contributed by atoms with Crippen LogP contribution >= 0.6 is 0 Å². The van der Waals surface area contributed by atoms with Gasteiger partial charge in [0.2, 0.25) is 0 Å². The van der Waals surface area contributed by atoms with Crippen LogP contribution in [0.15, 0.2) is 71.0 Å². The summed E-state index contributed by atoms with van der Waals surface area (Å²) in [6.07, 6.45) is 1.76. The summed E-state index contributed by atoms with van der Waals surface area (Å²) >= 11 is 0. The highest BCUT2D eigenvalue weighted by molar-refractivity contribution is 5.65. The van der Waals surface area contributed by atoms with Crippen LogP contribution in [0, 0.1) is 6.92 Å². The second-order valence-electron chi connectivity index (χ2n) is 6.98. The number of hydrogen-bond donors (Lipinski definition) is 0. The third-order valence-electron chi connectivity index (χ3n) is 5.20. The van der Waals surface area contributed by atoms with E-state index in [-0.39, 0.29) is 11.7 Å². The van der Waals surface area contributed by atoms with Gasteiger partial charge in [-0.15, -0.1) is 0 Å². The molecule has 2 aliphatic rings. The molecule has 1 atom stereocenters. The van der Waals surface area contributed by atoms with E-state index in [1.54, 1.807) is 4.57 Å². The topological polar surface area (TPSA) is 40.5 Å². The smallest absolute Gasteiger partial charge is 0.262 e. The van der Waals surface area contributed by atoms with E-state index in [0.29, 0.717) is 24.5 Å². The highest BCUT2D eigenvalue weighted by Gasteiger charge is 2.32. The van der Waals surface area contributed by atoms with Crippen molar-refractivity contribution in [3.8, 4) is 11.5 Å². The number of nitrogens with zero attached hydrogens (tertiary/aromatic N) is 1. The minimum absolute atomic E-state index is 0.0290. The Labute approximate surface area is 157 Å². The SMILES string of the molecule is Cc1cc2c(c(=O)n1Cc1ccccc1)C=C1COc3ccccc3[C@@H]1O2. The molecule has 0 spiro atoms. The molecule has 0 bridgehead atoms. The molecule has 0 aliphatic carbocycles. The van der Waals surface area contributed by atoms with Crippen LogP contribution in [-0.2, 0) is 6.54 Å². The van der Waals surface area contributed by atoms with Crippen molar-refractivity contribution >= 4 is 6.08 Å². The van der Waals surface area contributed by atoms with Crippen molar-refractivity contribution < 1.29 is 9.47 Å². The lowest BCUT2D eigenvalue weighted by Crippen LogP contribution is -2.30. The normalized spacial score (nSPS) is 16.9. The molecular formula is C23H19NO3. The first-order valence-electron chi connectivity index (χ1n) is 9.08. The van der Waals surface area contributed by atoms with Crippen LogP contribution in [-0.4, -0.2) is 11.2 Å². The minimum Gasteiger partial charge on any atom is -0.489 e. The molecule has 2 aliphatic heterocycles. The van der Waals surface area contributed by atoms with Crippen molar-refractivity contribution in [1.29, 1.82) is 0 Å². The Kier molecular flexibility index (Phi) is 3.64. The predicted molar refractivity (Wildman–Crippen MR) is 104 cm³/mol. The number of hydrogen-bond acceptors (Lipinski definition) is 3. The fraction of sp³-hybridized carbons (Fsp3) is 0.174. The second-order valence-corrected chi connectivity index (χ2v) is 6.98. The van der Waals surface area contributed by atoms with Gasteiger partial charge in [0, 0.05) is 22.9 Å². The van der Waals surface area contributed by atoms with Crippen molar-refractivity contribution in [2.45, 2.75) is 19.6 Å². The molecule has 134 valence electrons. The van der Waals surface area contributed by atoms with Gasteiger partial charge >= 0.3 is 0 Å². The minimum atomic E-state index is -0.189. The lowest BCUT2D eigenvalue weighted by atomic mass is 9.94. The number of pyridine rings is 1. The summed E-state index contributed by atoms with van der Waals surface area (Å²) in [6.45, 7) is 2.93. The molecule has 4 nitrogen and oxygen atoms in total. The molecule has 2 aromatic carbocycles. The Balaban J connectivity index is 1.59. The number of aryl methyl sites for hydroxylation is 1. The molecule has 0 saturated heterocycles. The average molecular weight is 357 g/mol. The average Bonchev–Trinajstić information content (AvgIpc) is 2.71. The number of ether oxygens (including phenoxy) is 2. The molecule has 0 amide bonds. The standard InChI is InChI=1S/C23H19NO3/c1-15-11-21-19(23(25)24(15)13-16-7-3-2-4-8-16)12-17-14-26-20-10-6-5-9-18(20)22(17)27-21/h2-12,22H,13-14H2,1H3/t22-/m1/s1. The predicted octanol–water partition coefficient (Wildman–Crippen LogP) is 4.11. The lowest BCUT2D eigenvalue weighted by molar-refractivity contribution is 0.188. The summed E-state index contributed by atoms with van der Waals surface area (Å²) < 4.78 is 13.9. The van der Waals surface area contributed by atoms with Crippen LogP contribution in [0.1, 0.15) is 28.5 Å². The lowest BCUT2D eigenvalue weighted by Gasteiger charge is -2.32. The number of benzene rings is 2. The van der Waals surface area contributed by atoms with Crippen molar-refractivity contribution in [2.75, 3.05) is 6.61 Å². The van der Waals surface area contributed by atoms with Crippen LogP contribution < -0.4 is 15.0 Å². The molecule has 3 aromatic rings. The summed E-state index contributed by atoms with van der Waals surface area (Å²) in [5, 5.41) is 0. The van der Waals surface area contributed by atoms with Crippen molar-refractivity contribution in [2.24, 2.45) is 0 Å².